The fraction of sp³-hybridized carbons (Fsp3) is 0.125. The third-order valence-corrected chi connectivity index (χ3v) is 6.27. The lowest BCUT2D eigenvalue weighted by atomic mass is 10.2. The molecule has 2 aromatic heterocycles. The standard InChI is InChI=1S/C24H19ClF2N4OS/c1-30(14-16-8-10-28-11-9-16)23(32)22-13-29-24(31(22)18-5-2-4-17(26)12-18)33-15-19-20(25)6-3-7-21(19)27/h2-13H,14-15H2,1H3. The van der Waals surface area contributed by atoms with Gasteiger partial charge in [0, 0.05) is 42.3 Å². The molecule has 0 unspecified atom stereocenters. The smallest absolute Gasteiger partial charge is 0.272 e. The van der Waals surface area contributed by atoms with Gasteiger partial charge >= 0.3 is 0 Å². The Morgan fingerprint density at radius 3 is 2.61 bits per heavy atom. The second-order valence-corrected chi connectivity index (χ2v) is 8.60. The van der Waals surface area contributed by atoms with E-state index in [4.69, 9.17) is 11.6 Å². The lowest BCUT2D eigenvalue weighted by molar-refractivity contribution is 0.0776. The molecule has 1 amide bonds. The fourth-order valence-electron chi connectivity index (χ4n) is 3.29. The number of aromatic nitrogens is 3. The molecule has 2 heterocycles. The first-order chi connectivity index (χ1) is 15.9. The lowest BCUT2D eigenvalue weighted by Crippen LogP contribution is -2.28. The highest BCUT2D eigenvalue weighted by atomic mass is 35.5. The molecule has 2 aromatic carbocycles. The molecule has 0 saturated heterocycles. The van der Waals surface area contributed by atoms with Gasteiger partial charge in [0.05, 0.1) is 11.9 Å². The maximum atomic E-state index is 14.2. The van der Waals surface area contributed by atoms with Gasteiger partial charge in [-0.25, -0.2) is 13.8 Å². The molecule has 168 valence electrons. The second kappa shape index (κ2) is 10.1. The largest absolute Gasteiger partial charge is 0.336 e. The van der Waals surface area contributed by atoms with Gasteiger partial charge in [0.1, 0.15) is 17.3 Å². The van der Waals surface area contributed by atoms with Gasteiger partial charge in [-0.1, -0.05) is 35.5 Å². The van der Waals surface area contributed by atoms with Gasteiger partial charge < -0.3 is 4.90 Å². The zero-order valence-corrected chi connectivity index (χ0v) is 19.2. The van der Waals surface area contributed by atoms with E-state index in [9.17, 15) is 13.6 Å². The van der Waals surface area contributed by atoms with Crippen LogP contribution >= 0.6 is 23.4 Å². The first-order valence-electron chi connectivity index (χ1n) is 9.98. The van der Waals surface area contributed by atoms with Crippen molar-refractivity contribution >= 4 is 29.3 Å². The number of rotatable bonds is 7. The van der Waals surface area contributed by atoms with E-state index in [1.807, 2.05) is 12.1 Å². The Morgan fingerprint density at radius 1 is 1.12 bits per heavy atom. The van der Waals surface area contributed by atoms with E-state index >= 15 is 0 Å². The molecule has 9 heteroatoms. The van der Waals surface area contributed by atoms with Crippen molar-refractivity contribution in [3.8, 4) is 5.69 Å². The van der Waals surface area contributed by atoms with E-state index in [1.54, 1.807) is 47.1 Å². The third kappa shape index (κ3) is 5.23. The van der Waals surface area contributed by atoms with E-state index < -0.39 is 11.6 Å². The molecule has 0 N–H and O–H groups in total. The number of hydrogen-bond donors (Lipinski definition) is 0. The molecule has 5 nitrogen and oxygen atoms in total. The van der Waals surface area contributed by atoms with Crippen LogP contribution in [0.15, 0.2) is 78.3 Å². The van der Waals surface area contributed by atoms with E-state index in [-0.39, 0.29) is 17.4 Å². The highest BCUT2D eigenvalue weighted by molar-refractivity contribution is 7.98. The monoisotopic (exact) mass is 484 g/mol. The first kappa shape index (κ1) is 22.9. The van der Waals surface area contributed by atoms with Crippen LogP contribution < -0.4 is 0 Å². The van der Waals surface area contributed by atoms with Crippen LogP contribution in [0.1, 0.15) is 21.6 Å². The van der Waals surface area contributed by atoms with Crippen molar-refractivity contribution in [3.63, 3.8) is 0 Å². The summed E-state index contributed by atoms with van der Waals surface area (Å²) in [5.74, 6) is -0.970. The Balaban J connectivity index is 1.67. The van der Waals surface area contributed by atoms with E-state index in [0.29, 0.717) is 28.0 Å². The Kier molecular flexibility index (Phi) is 7.05. The molecule has 0 bridgehead atoms. The summed E-state index contributed by atoms with van der Waals surface area (Å²) in [6.07, 6.45) is 4.77. The zero-order chi connectivity index (χ0) is 23.4. The number of pyridine rings is 1. The van der Waals surface area contributed by atoms with Crippen LogP contribution in [0.3, 0.4) is 0 Å². The molecule has 0 aliphatic heterocycles. The van der Waals surface area contributed by atoms with Crippen LogP contribution in [-0.2, 0) is 12.3 Å². The number of hydrogen-bond acceptors (Lipinski definition) is 4. The van der Waals surface area contributed by atoms with Crippen molar-refractivity contribution in [1.82, 2.24) is 19.4 Å². The third-order valence-electron chi connectivity index (χ3n) is 4.94. The molecule has 0 aliphatic rings. The molecular formula is C24H19ClF2N4OS. The normalized spacial score (nSPS) is 10.9. The number of halogens is 3. The SMILES string of the molecule is CN(Cc1ccncc1)C(=O)c1cnc(SCc2c(F)cccc2Cl)n1-c1cccc(F)c1. The lowest BCUT2D eigenvalue weighted by Gasteiger charge is -2.19. The average Bonchev–Trinajstić information content (AvgIpc) is 3.23. The van der Waals surface area contributed by atoms with Crippen molar-refractivity contribution < 1.29 is 13.6 Å². The van der Waals surface area contributed by atoms with Gasteiger partial charge in [0.15, 0.2) is 5.16 Å². The maximum absolute atomic E-state index is 14.2. The summed E-state index contributed by atoms with van der Waals surface area (Å²) in [6.45, 7) is 0.364. The highest BCUT2D eigenvalue weighted by Gasteiger charge is 2.22. The minimum Gasteiger partial charge on any atom is -0.336 e. The van der Waals surface area contributed by atoms with Crippen LogP contribution in [0.4, 0.5) is 8.78 Å². The molecule has 0 radical (unpaired) electrons. The summed E-state index contributed by atoms with van der Waals surface area (Å²) >= 11 is 7.36. The molecule has 4 aromatic rings. The first-order valence-corrected chi connectivity index (χ1v) is 11.3. The van der Waals surface area contributed by atoms with E-state index in [1.165, 1.54) is 42.2 Å². The second-order valence-electron chi connectivity index (χ2n) is 7.25. The van der Waals surface area contributed by atoms with Crippen LogP contribution in [0.2, 0.25) is 5.02 Å². The molecule has 0 atom stereocenters. The van der Waals surface area contributed by atoms with Crippen molar-refractivity contribution in [2.75, 3.05) is 7.05 Å². The summed E-state index contributed by atoms with van der Waals surface area (Å²) in [5, 5.41) is 0.723. The van der Waals surface area contributed by atoms with Crippen molar-refractivity contribution in [3.05, 3.63) is 107 Å². The number of nitrogens with zero attached hydrogens (tertiary/aromatic N) is 4. The molecule has 0 saturated carbocycles. The van der Waals surface area contributed by atoms with Crippen LogP contribution in [0.5, 0.6) is 0 Å². The number of amides is 1. The van der Waals surface area contributed by atoms with Crippen LogP contribution in [0.25, 0.3) is 5.69 Å². The van der Waals surface area contributed by atoms with Crippen LogP contribution in [0, 0.1) is 11.6 Å². The number of imidazole rings is 1. The number of carbonyl (C=O) groups is 1. The quantitative estimate of drug-likeness (QED) is 0.313. The minimum absolute atomic E-state index is 0.193. The summed E-state index contributed by atoms with van der Waals surface area (Å²) in [6, 6.07) is 14.0. The fourth-order valence-corrected chi connectivity index (χ4v) is 4.62. The number of benzene rings is 2. The summed E-state index contributed by atoms with van der Waals surface area (Å²) in [7, 11) is 1.68. The maximum Gasteiger partial charge on any atom is 0.272 e. The van der Waals surface area contributed by atoms with Gasteiger partial charge in [0.2, 0.25) is 0 Å². The van der Waals surface area contributed by atoms with Crippen molar-refractivity contribution in [1.29, 1.82) is 0 Å². The zero-order valence-electron chi connectivity index (χ0n) is 17.6. The summed E-state index contributed by atoms with van der Waals surface area (Å²) in [4.78, 5) is 23.2. The Bertz CT molecular complexity index is 1260. The van der Waals surface area contributed by atoms with Crippen molar-refractivity contribution in [2.24, 2.45) is 0 Å². The number of thioether (sulfide) groups is 1. The van der Waals surface area contributed by atoms with Crippen LogP contribution in [-0.4, -0.2) is 32.4 Å². The predicted molar refractivity (Wildman–Crippen MR) is 125 cm³/mol. The van der Waals surface area contributed by atoms with Gasteiger partial charge in [-0.15, -0.1) is 0 Å². The molecule has 0 fully saturated rings. The Morgan fingerprint density at radius 2 is 1.88 bits per heavy atom. The van der Waals surface area contributed by atoms with Gasteiger partial charge in [-0.2, -0.15) is 0 Å². The predicted octanol–water partition coefficient (Wildman–Crippen LogP) is 5.76. The minimum atomic E-state index is -0.446. The number of carbonyl (C=O) groups excluding carboxylic acids is 1. The topological polar surface area (TPSA) is 51.0 Å². The van der Waals surface area contributed by atoms with E-state index in [0.717, 1.165) is 5.56 Å². The van der Waals surface area contributed by atoms with Gasteiger partial charge in [-0.05, 0) is 48.0 Å². The van der Waals surface area contributed by atoms with Gasteiger partial charge in [-0.3, -0.25) is 14.3 Å². The Hall–Kier alpha value is -3.23. The Labute approximate surface area is 199 Å². The molecular weight excluding hydrogens is 466 g/mol. The molecule has 4 rings (SSSR count). The molecule has 0 spiro atoms. The highest BCUT2D eigenvalue weighted by Crippen LogP contribution is 2.31. The average molecular weight is 485 g/mol. The van der Waals surface area contributed by atoms with E-state index in [2.05, 4.69) is 9.97 Å². The molecule has 33 heavy (non-hydrogen) atoms. The summed E-state index contributed by atoms with van der Waals surface area (Å²) in [5.41, 5.74) is 1.96. The summed E-state index contributed by atoms with van der Waals surface area (Å²) < 4.78 is 29.8. The molecule has 0 aliphatic carbocycles. The van der Waals surface area contributed by atoms with Gasteiger partial charge in [0.25, 0.3) is 5.91 Å². The van der Waals surface area contributed by atoms with Crippen molar-refractivity contribution in [2.45, 2.75) is 17.5 Å².